The Kier molecular flexibility index (Phi) is 4.29. The van der Waals surface area contributed by atoms with Gasteiger partial charge in [0.05, 0.1) is 6.26 Å². The lowest BCUT2D eigenvalue weighted by Crippen LogP contribution is -2.31. The van der Waals surface area contributed by atoms with Gasteiger partial charge in [-0.1, -0.05) is 23.4 Å². The summed E-state index contributed by atoms with van der Waals surface area (Å²) in [5, 5.41) is 6.55. The molecule has 0 spiro atoms. The molecule has 0 aliphatic carbocycles. The first-order valence-electron chi connectivity index (χ1n) is 8.16. The van der Waals surface area contributed by atoms with Gasteiger partial charge < -0.3 is 18.8 Å². The Labute approximate surface area is 153 Å². The fraction of sp³-hybridized carbons (Fsp3) is 0.105. The molecule has 4 aromatic rings. The van der Waals surface area contributed by atoms with E-state index in [1.54, 1.807) is 54.3 Å². The molecule has 27 heavy (non-hydrogen) atoms. The molecule has 1 aromatic carbocycles. The molecule has 0 radical (unpaired) electrons. The summed E-state index contributed by atoms with van der Waals surface area (Å²) in [6.45, 7) is 0. The average Bonchev–Trinajstić information content (AvgIpc) is 3.41. The number of hydrogen-bond donors (Lipinski definition) is 1. The maximum absolute atomic E-state index is 14.4. The van der Waals surface area contributed by atoms with Crippen LogP contribution in [0.25, 0.3) is 11.5 Å². The summed E-state index contributed by atoms with van der Waals surface area (Å²) in [6.07, 6.45) is 4.80. The largest absolute Gasteiger partial charge is 0.461 e. The predicted molar refractivity (Wildman–Crippen MR) is 93.1 cm³/mol. The normalized spacial score (nSPS) is 12.1. The highest BCUT2D eigenvalue weighted by Gasteiger charge is 2.25. The van der Waals surface area contributed by atoms with Crippen molar-refractivity contribution in [3.63, 3.8) is 0 Å². The van der Waals surface area contributed by atoms with Crippen LogP contribution >= 0.6 is 0 Å². The Morgan fingerprint density at radius 2 is 2.07 bits per heavy atom. The quantitative estimate of drug-likeness (QED) is 0.585. The Morgan fingerprint density at radius 1 is 1.22 bits per heavy atom. The second kappa shape index (κ2) is 6.91. The first-order chi connectivity index (χ1) is 13.1. The highest BCUT2D eigenvalue weighted by molar-refractivity contribution is 5.93. The standard InChI is InChI=1S/C19H15FN4O3/c1-24-9-8-21-18(24)17(12-5-2-3-6-13(12)20)22-19(25)14-11-16(27-23-14)15-7-4-10-26-15/h2-11,17H,1H3,(H,22,25). The molecule has 1 unspecified atom stereocenters. The Hall–Kier alpha value is -3.68. The van der Waals surface area contributed by atoms with Crippen LogP contribution in [0, 0.1) is 5.82 Å². The maximum atomic E-state index is 14.4. The summed E-state index contributed by atoms with van der Waals surface area (Å²) < 4.78 is 26.5. The Bertz CT molecular complexity index is 1070. The summed E-state index contributed by atoms with van der Waals surface area (Å²) >= 11 is 0. The van der Waals surface area contributed by atoms with Crippen LogP contribution in [0.2, 0.25) is 0 Å². The minimum atomic E-state index is -0.789. The molecule has 3 heterocycles. The number of hydrogen-bond acceptors (Lipinski definition) is 5. The maximum Gasteiger partial charge on any atom is 0.274 e. The molecule has 1 atom stereocenters. The van der Waals surface area contributed by atoms with Crippen molar-refractivity contribution in [2.24, 2.45) is 7.05 Å². The number of nitrogens with zero attached hydrogens (tertiary/aromatic N) is 3. The van der Waals surface area contributed by atoms with Gasteiger partial charge >= 0.3 is 0 Å². The van der Waals surface area contributed by atoms with E-state index in [9.17, 15) is 9.18 Å². The highest BCUT2D eigenvalue weighted by atomic mass is 19.1. The molecule has 7 nitrogen and oxygen atoms in total. The number of carbonyl (C=O) groups is 1. The van der Waals surface area contributed by atoms with Gasteiger partial charge in [-0.2, -0.15) is 0 Å². The minimum Gasteiger partial charge on any atom is -0.461 e. The molecule has 0 saturated heterocycles. The van der Waals surface area contributed by atoms with Crippen LogP contribution in [0.4, 0.5) is 4.39 Å². The van der Waals surface area contributed by atoms with Crippen molar-refractivity contribution in [3.8, 4) is 11.5 Å². The predicted octanol–water partition coefficient (Wildman–Crippen LogP) is 3.33. The smallest absolute Gasteiger partial charge is 0.274 e. The molecule has 8 heteroatoms. The third-order valence-electron chi connectivity index (χ3n) is 4.12. The molecule has 1 amide bonds. The summed E-state index contributed by atoms with van der Waals surface area (Å²) in [5.41, 5.74) is 0.354. The van der Waals surface area contributed by atoms with Crippen molar-refractivity contribution in [1.29, 1.82) is 0 Å². The molecule has 4 rings (SSSR count). The average molecular weight is 366 g/mol. The first kappa shape index (κ1) is 16.8. The van der Waals surface area contributed by atoms with E-state index in [1.807, 2.05) is 0 Å². The molecular formula is C19H15FN4O3. The lowest BCUT2D eigenvalue weighted by Gasteiger charge is -2.19. The number of carbonyl (C=O) groups excluding carboxylic acids is 1. The molecule has 0 fully saturated rings. The van der Waals surface area contributed by atoms with Crippen molar-refractivity contribution in [1.82, 2.24) is 20.0 Å². The fourth-order valence-corrected chi connectivity index (χ4v) is 2.77. The van der Waals surface area contributed by atoms with Gasteiger partial charge in [-0.15, -0.1) is 0 Å². The minimum absolute atomic E-state index is 0.0527. The summed E-state index contributed by atoms with van der Waals surface area (Å²) in [7, 11) is 1.77. The number of benzene rings is 1. The summed E-state index contributed by atoms with van der Waals surface area (Å²) in [6, 6.07) is 10.3. The van der Waals surface area contributed by atoms with Gasteiger partial charge in [-0.3, -0.25) is 4.79 Å². The van der Waals surface area contributed by atoms with E-state index < -0.39 is 17.8 Å². The zero-order valence-corrected chi connectivity index (χ0v) is 14.3. The number of aryl methyl sites for hydroxylation is 1. The van der Waals surface area contributed by atoms with Crippen LogP contribution in [-0.2, 0) is 7.05 Å². The number of halogens is 1. The van der Waals surface area contributed by atoms with Crippen LogP contribution in [0.3, 0.4) is 0 Å². The Morgan fingerprint density at radius 3 is 2.78 bits per heavy atom. The van der Waals surface area contributed by atoms with Crippen LogP contribution in [0.15, 0.2) is 70.1 Å². The molecule has 3 aromatic heterocycles. The molecule has 0 aliphatic heterocycles. The summed E-state index contributed by atoms with van der Waals surface area (Å²) in [5.74, 6) is 0.305. The van der Waals surface area contributed by atoms with Crippen molar-refractivity contribution in [2.75, 3.05) is 0 Å². The lowest BCUT2D eigenvalue weighted by atomic mass is 10.1. The number of amides is 1. The topological polar surface area (TPSA) is 86.1 Å². The van der Waals surface area contributed by atoms with E-state index in [2.05, 4.69) is 15.5 Å². The highest BCUT2D eigenvalue weighted by Crippen LogP contribution is 2.25. The van der Waals surface area contributed by atoms with Crippen LogP contribution in [-0.4, -0.2) is 20.6 Å². The number of furan rings is 1. The van der Waals surface area contributed by atoms with Gasteiger partial charge in [0.1, 0.15) is 17.7 Å². The van der Waals surface area contributed by atoms with Crippen molar-refractivity contribution >= 4 is 5.91 Å². The number of rotatable bonds is 5. The van der Waals surface area contributed by atoms with E-state index in [0.717, 1.165) is 0 Å². The second-order valence-corrected chi connectivity index (χ2v) is 5.88. The van der Waals surface area contributed by atoms with E-state index in [1.165, 1.54) is 18.4 Å². The fourth-order valence-electron chi connectivity index (χ4n) is 2.77. The van der Waals surface area contributed by atoms with Gasteiger partial charge in [0.15, 0.2) is 11.5 Å². The molecular weight excluding hydrogens is 351 g/mol. The third-order valence-corrected chi connectivity index (χ3v) is 4.12. The monoisotopic (exact) mass is 366 g/mol. The summed E-state index contributed by atoms with van der Waals surface area (Å²) in [4.78, 5) is 17.0. The van der Waals surface area contributed by atoms with E-state index in [0.29, 0.717) is 22.9 Å². The number of imidazole rings is 1. The first-order valence-corrected chi connectivity index (χ1v) is 8.16. The molecule has 0 aliphatic rings. The van der Waals surface area contributed by atoms with Gasteiger partial charge in [-0.25, -0.2) is 9.37 Å². The van der Waals surface area contributed by atoms with E-state index in [4.69, 9.17) is 8.94 Å². The number of nitrogens with one attached hydrogen (secondary N) is 1. The molecule has 0 bridgehead atoms. The van der Waals surface area contributed by atoms with Crippen molar-refractivity contribution in [2.45, 2.75) is 6.04 Å². The van der Waals surface area contributed by atoms with Crippen LogP contribution in [0.5, 0.6) is 0 Å². The van der Waals surface area contributed by atoms with Gasteiger partial charge in [-0.05, 0) is 18.2 Å². The lowest BCUT2D eigenvalue weighted by molar-refractivity contribution is 0.0931. The van der Waals surface area contributed by atoms with Gasteiger partial charge in [0.2, 0.25) is 5.76 Å². The molecule has 1 N–H and O–H groups in total. The van der Waals surface area contributed by atoms with Gasteiger partial charge in [0.25, 0.3) is 5.91 Å². The third kappa shape index (κ3) is 3.24. The van der Waals surface area contributed by atoms with Crippen LogP contribution in [0.1, 0.15) is 27.9 Å². The van der Waals surface area contributed by atoms with Crippen molar-refractivity contribution in [3.05, 3.63) is 84.0 Å². The zero-order valence-electron chi connectivity index (χ0n) is 14.3. The Balaban J connectivity index is 1.65. The van der Waals surface area contributed by atoms with E-state index >= 15 is 0 Å². The molecule has 0 saturated carbocycles. The number of aromatic nitrogens is 3. The second-order valence-electron chi connectivity index (χ2n) is 5.88. The van der Waals surface area contributed by atoms with Crippen LogP contribution < -0.4 is 5.32 Å². The van der Waals surface area contributed by atoms with Gasteiger partial charge in [0, 0.05) is 31.1 Å². The van der Waals surface area contributed by atoms with E-state index in [-0.39, 0.29) is 5.69 Å². The molecule has 136 valence electrons. The van der Waals surface area contributed by atoms with Crippen molar-refractivity contribution < 1.29 is 18.1 Å². The zero-order chi connectivity index (χ0) is 18.8. The SMILES string of the molecule is Cn1ccnc1C(NC(=O)c1cc(-c2ccco2)on1)c1ccccc1F.